The molecule has 0 saturated heterocycles. The Labute approximate surface area is 227 Å². The van der Waals surface area contributed by atoms with Crippen molar-refractivity contribution in [1.29, 1.82) is 0 Å². The molecule has 8 nitrogen and oxygen atoms in total. The maximum absolute atomic E-state index is 12.2. The minimum absolute atomic E-state index is 0.142. The van der Waals surface area contributed by atoms with Crippen LogP contribution in [0.3, 0.4) is 0 Å². The zero-order valence-corrected chi connectivity index (χ0v) is 23.2. The largest absolute Gasteiger partial charge is 0.469 e. The predicted molar refractivity (Wildman–Crippen MR) is 144 cm³/mol. The SMILES string of the molecule is CC#CC#CC#CC#CC#CC(=O)OC[C@H](COP(=O)(O)O)OC(=O)CCCCCCCCCCCCC. The van der Waals surface area contributed by atoms with Crippen molar-refractivity contribution in [3.8, 4) is 59.2 Å². The van der Waals surface area contributed by atoms with Crippen molar-refractivity contribution in [3.05, 3.63) is 0 Å². The molecule has 38 heavy (non-hydrogen) atoms. The Kier molecular flexibility index (Phi) is 22.2. The Balaban J connectivity index is 4.41. The number of carbonyl (C=O) groups is 2. The van der Waals surface area contributed by atoms with Gasteiger partial charge in [-0.05, 0) is 60.7 Å². The van der Waals surface area contributed by atoms with Crippen LogP contribution in [0.15, 0.2) is 0 Å². The van der Waals surface area contributed by atoms with E-state index in [-0.39, 0.29) is 6.42 Å². The summed E-state index contributed by atoms with van der Waals surface area (Å²) < 4.78 is 25.5. The van der Waals surface area contributed by atoms with Crippen LogP contribution in [0.4, 0.5) is 0 Å². The second-order valence-electron chi connectivity index (χ2n) is 8.16. The van der Waals surface area contributed by atoms with Gasteiger partial charge in [-0.1, -0.05) is 77.1 Å². The molecule has 0 aromatic carbocycles. The molecule has 0 amide bonds. The third kappa shape index (κ3) is 25.9. The summed E-state index contributed by atoms with van der Waals surface area (Å²) in [6.45, 7) is 2.72. The van der Waals surface area contributed by atoms with Crippen molar-refractivity contribution >= 4 is 19.8 Å². The maximum atomic E-state index is 12.2. The Morgan fingerprint density at radius 3 is 1.76 bits per heavy atom. The first-order chi connectivity index (χ1) is 18.3. The van der Waals surface area contributed by atoms with Crippen molar-refractivity contribution in [2.45, 2.75) is 97.0 Å². The van der Waals surface area contributed by atoms with E-state index in [2.05, 4.69) is 70.7 Å². The molecule has 0 aromatic heterocycles. The van der Waals surface area contributed by atoms with Gasteiger partial charge >= 0.3 is 19.8 Å². The lowest BCUT2D eigenvalue weighted by atomic mass is 10.1. The fourth-order valence-corrected chi connectivity index (χ4v) is 3.37. The van der Waals surface area contributed by atoms with E-state index < -0.39 is 39.1 Å². The molecule has 2 N–H and O–H groups in total. The van der Waals surface area contributed by atoms with Crippen LogP contribution in [0.1, 0.15) is 90.9 Å². The number of hydrogen-bond acceptors (Lipinski definition) is 6. The summed E-state index contributed by atoms with van der Waals surface area (Å²) in [5.41, 5.74) is 0. The van der Waals surface area contributed by atoms with Gasteiger partial charge in [0.05, 0.1) is 6.61 Å². The van der Waals surface area contributed by atoms with Gasteiger partial charge in [0.15, 0.2) is 6.10 Å². The van der Waals surface area contributed by atoms with Gasteiger partial charge in [0, 0.05) is 12.3 Å². The van der Waals surface area contributed by atoms with Gasteiger partial charge < -0.3 is 19.3 Å². The quantitative estimate of drug-likeness (QED) is 0.0863. The van der Waals surface area contributed by atoms with Crippen molar-refractivity contribution in [3.63, 3.8) is 0 Å². The Morgan fingerprint density at radius 2 is 1.24 bits per heavy atom. The number of hydrogen-bond donors (Lipinski definition) is 2. The first-order valence-corrected chi connectivity index (χ1v) is 14.3. The zero-order chi connectivity index (χ0) is 28.3. The lowest BCUT2D eigenvalue weighted by Crippen LogP contribution is -2.29. The molecule has 0 saturated carbocycles. The second-order valence-corrected chi connectivity index (χ2v) is 9.40. The van der Waals surface area contributed by atoms with Crippen LogP contribution in [-0.4, -0.2) is 41.0 Å². The third-order valence-corrected chi connectivity index (χ3v) is 5.32. The third-order valence-electron chi connectivity index (χ3n) is 4.84. The van der Waals surface area contributed by atoms with E-state index in [0.29, 0.717) is 6.42 Å². The molecule has 0 spiro atoms. The van der Waals surface area contributed by atoms with Gasteiger partial charge in [-0.25, -0.2) is 9.36 Å². The molecule has 9 heteroatoms. The molecule has 0 radical (unpaired) electrons. The highest BCUT2D eigenvalue weighted by Crippen LogP contribution is 2.35. The summed E-state index contributed by atoms with van der Waals surface area (Å²) in [5.74, 6) is 22.4. The van der Waals surface area contributed by atoms with Gasteiger partial charge in [0.1, 0.15) is 6.61 Å². The Hall–Kier alpha value is -3.15. The van der Waals surface area contributed by atoms with E-state index in [1.165, 1.54) is 44.9 Å². The maximum Gasteiger partial charge on any atom is 0.469 e. The second kappa shape index (κ2) is 24.2. The molecule has 0 rings (SSSR count). The highest BCUT2D eigenvalue weighted by molar-refractivity contribution is 7.46. The molecule has 0 bridgehead atoms. The van der Waals surface area contributed by atoms with Crippen molar-refractivity contribution in [1.82, 2.24) is 0 Å². The van der Waals surface area contributed by atoms with Gasteiger partial charge in [0.25, 0.3) is 0 Å². The summed E-state index contributed by atoms with van der Waals surface area (Å²) in [7, 11) is -4.80. The van der Waals surface area contributed by atoms with E-state index in [4.69, 9.17) is 19.3 Å². The number of phosphoric acid groups is 1. The lowest BCUT2D eigenvalue weighted by Gasteiger charge is -2.17. The van der Waals surface area contributed by atoms with Crippen LogP contribution >= 0.6 is 7.82 Å². The Morgan fingerprint density at radius 1 is 0.737 bits per heavy atom. The predicted octanol–water partition coefficient (Wildman–Crippen LogP) is 4.29. The van der Waals surface area contributed by atoms with Gasteiger partial charge in [-0.15, -0.1) is 0 Å². The molecule has 0 aliphatic carbocycles. The molecule has 0 aromatic rings. The van der Waals surface area contributed by atoms with Crippen LogP contribution in [0.5, 0.6) is 0 Å². The number of phosphoric ester groups is 1. The lowest BCUT2D eigenvalue weighted by molar-refractivity contribution is -0.158. The highest BCUT2D eigenvalue weighted by Gasteiger charge is 2.22. The minimum Gasteiger partial charge on any atom is -0.456 e. The fraction of sp³-hybridized carbons (Fsp3) is 0.586. The molecule has 1 atom stereocenters. The van der Waals surface area contributed by atoms with E-state index in [1.807, 2.05) is 0 Å². The van der Waals surface area contributed by atoms with Crippen LogP contribution in [-0.2, 0) is 28.2 Å². The summed E-state index contributed by atoms with van der Waals surface area (Å²) in [6.07, 6.45) is 11.5. The van der Waals surface area contributed by atoms with Crippen LogP contribution in [0.2, 0.25) is 0 Å². The van der Waals surface area contributed by atoms with E-state index in [1.54, 1.807) is 6.92 Å². The number of ether oxygens (including phenoxy) is 2. The molecule has 0 heterocycles. The highest BCUT2D eigenvalue weighted by atomic mass is 31.2. The van der Waals surface area contributed by atoms with Crippen molar-refractivity contribution < 1.29 is 37.9 Å². The Bertz CT molecular complexity index is 1060. The monoisotopic (exact) mass is 544 g/mol. The van der Waals surface area contributed by atoms with Crippen LogP contribution < -0.4 is 0 Å². The summed E-state index contributed by atoms with van der Waals surface area (Å²) in [6, 6.07) is 0. The standard InChI is InChI=1S/C29H37O8P/c1-3-5-7-9-11-13-14-16-18-20-22-24-29(31)37-27(26-36-38(32,33)34)25-35-28(30)23-21-19-17-15-12-10-8-6-4-2/h27H,3,5,7,9,11,13-14,16,18,20,22,24-26H2,1-2H3,(H2,32,33,34)/t27-/m1/s1. The molecule has 0 aliphatic rings. The van der Waals surface area contributed by atoms with Gasteiger partial charge in [-0.2, -0.15) is 0 Å². The summed E-state index contributed by atoms with van der Waals surface area (Å²) >= 11 is 0. The first-order valence-electron chi connectivity index (χ1n) is 12.8. The van der Waals surface area contributed by atoms with Gasteiger partial charge in [0.2, 0.25) is 0 Å². The zero-order valence-electron chi connectivity index (χ0n) is 22.3. The van der Waals surface area contributed by atoms with E-state index >= 15 is 0 Å². The van der Waals surface area contributed by atoms with Crippen molar-refractivity contribution in [2.75, 3.05) is 13.2 Å². The molecule has 0 unspecified atom stereocenters. The van der Waals surface area contributed by atoms with Crippen LogP contribution in [0.25, 0.3) is 0 Å². The van der Waals surface area contributed by atoms with E-state index in [9.17, 15) is 14.2 Å². The number of esters is 2. The topological polar surface area (TPSA) is 119 Å². The van der Waals surface area contributed by atoms with Crippen LogP contribution in [0, 0.1) is 59.2 Å². The van der Waals surface area contributed by atoms with Gasteiger partial charge in [-0.3, -0.25) is 9.32 Å². The van der Waals surface area contributed by atoms with E-state index in [0.717, 1.165) is 19.3 Å². The molecular formula is C29H37O8P. The number of carbonyl (C=O) groups excluding carboxylic acids is 2. The molecule has 206 valence electrons. The first kappa shape index (κ1) is 34.9. The normalized spacial score (nSPS) is 10.3. The smallest absolute Gasteiger partial charge is 0.456 e. The summed E-state index contributed by atoms with van der Waals surface area (Å²) in [4.78, 5) is 41.7. The fourth-order valence-electron chi connectivity index (χ4n) is 3.01. The molecule has 0 fully saturated rings. The number of rotatable bonds is 18. The molecular weight excluding hydrogens is 507 g/mol. The average molecular weight is 545 g/mol. The summed E-state index contributed by atoms with van der Waals surface area (Å²) in [5, 5.41) is 0. The number of unbranched alkanes of at least 4 members (excludes halogenated alkanes) is 10. The average Bonchev–Trinajstić information content (AvgIpc) is 2.87. The minimum atomic E-state index is -4.80. The molecule has 0 aliphatic heterocycles. The van der Waals surface area contributed by atoms with Crippen molar-refractivity contribution in [2.24, 2.45) is 0 Å².